The molecular weight excluding hydrogens is 377 g/mol. The molecular formula is C19H17Cl2NO4. The lowest BCUT2D eigenvalue weighted by atomic mass is 9.93. The van der Waals surface area contributed by atoms with Crippen LogP contribution in [0.25, 0.3) is 6.08 Å². The van der Waals surface area contributed by atoms with Crippen molar-refractivity contribution < 1.29 is 19.1 Å². The number of benzene rings is 1. The first-order valence-electron chi connectivity index (χ1n) is 8.38. The predicted molar refractivity (Wildman–Crippen MR) is 99.9 cm³/mol. The maximum Gasteiger partial charge on any atom is 0.349 e. The van der Waals surface area contributed by atoms with Gasteiger partial charge in [-0.05, 0) is 62.4 Å². The smallest absolute Gasteiger partial charge is 0.349 e. The van der Waals surface area contributed by atoms with Gasteiger partial charge in [-0.15, -0.1) is 0 Å². The van der Waals surface area contributed by atoms with E-state index in [9.17, 15) is 14.4 Å². The van der Waals surface area contributed by atoms with Gasteiger partial charge < -0.3 is 4.74 Å². The number of esters is 1. The molecule has 0 unspecified atom stereocenters. The Labute approximate surface area is 161 Å². The summed E-state index contributed by atoms with van der Waals surface area (Å²) < 4.78 is 4.84. The minimum Gasteiger partial charge on any atom is -0.462 e. The van der Waals surface area contributed by atoms with Crippen LogP contribution in [-0.2, 0) is 19.1 Å². The number of nitrogens with zero attached hydrogens (tertiary/aromatic N) is 1. The summed E-state index contributed by atoms with van der Waals surface area (Å²) in [5.74, 6) is -1.22. The Hall–Kier alpha value is -2.11. The van der Waals surface area contributed by atoms with Crippen molar-refractivity contribution >= 4 is 52.7 Å². The van der Waals surface area contributed by atoms with Gasteiger partial charge in [-0.2, -0.15) is 0 Å². The number of imide groups is 1. The Balaban J connectivity index is 1.94. The van der Waals surface area contributed by atoms with Gasteiger partial charge in [0.15, 0.2) is 0 Å². The zero-order valence-corrected chi connectivity index (χ0v) is 15.7. The molecule has 26 heavy (non-hydrogen) atoms. The van der Waals surface area contributed by atoms with Crippen molar-refractivity contribution in [2.45, 2.75) is 32.6 Å². The van der Waals surface area contributed by atoms with E-state index < -0.39 is 5.97 Å². The molecule has 0 saturated heterocycles. The quantitative estimate of drug-likeness (QED) is 0.436. The van der Waals surface area contributed by atoms with E-state index in [1.807, 2.05) is 0 Å². The van der Waals surface area contributed by atoms with Crippen LogP contribution < -0.4 is 4.90 Å². The van der Waals surface area contributed by atoms with Crippen LogP contribution in [-0.4, -0.2) is 24.4 Å². The fraction of sp³-hybridized carbons (Fsp3) is 0.316. The Morgan fingerprint density at radius 1 is 1.19 bits per heavy atom. The zero-order valence-electron chi connectivity index (χ0n) is 14.2. The molecule has 2 amide bonds. The third-order valence-electron chi connectivity index (χ3n) is 4.38. The summed E-state index contributed by atoms with van der Waals surface area (Å²) in [5, 5.41) is 0.204. The third-order valence-corrected chi connectivity index (χ3v) is 4.99. The molecule has 0 bridgehead atoms. The van der Waals surface area contributed by atoms with Gasteiger partial charge in [0.05, 0.1) is 12.3 Å². The summed E-state index contributed by atoms with van der Waals surface area (Å²) in [5.41, 5.74) is 2.04. The van der Waals surface area contributed by atoms with Gasteiger partial charge in [0.1, 0.15) is 5.03 Å². The largest absolute Gasteiger partial charge is 0.462 e. The van der Waals surface area contributed by atoms with E-state index >= 15 is 0 Å². The first-order valence-corrected chi connectivity index (χ1v) is 9.14. The first kappa shape index (κ1) is 18.7. The summed E-state index contributed by atoms with van der Waals surface area (Å²) >= 11 is 12.1. The monoisotopic (exact) mass is 393 g/mol. The van der Waals surface area contributed by atoms with Crippen molar-refractivity contribution in [3.05, 3.63) is 45.0 Å². The molecule has 3 rings (SSSR count). The second kappa shape index (κ2) is 7.64. The van der Waals surface area contributed by atoms with Crippen LogP contribution in [0.2, 0.25) is 5.02 Å². The van der Waals surface area contributed by atoms with E-state index in [-0.39, 0.29) is 23.5 Å². The van der Waals surface area contributed by atoms with Crippen LogP contribution in [0, 0.1) is 0 Å². The lowest BCUT2D eigenvalue weighted by Gasteiger charge is -2.16. The zero-order chi connectivity index (χ0) is 18.8. The van der Waals surface area contributed by atoms with Crippen molar-refractivity contribution in [1.29, 1.82) is 0 Å². The minimum atomic E-state index is -0.666. The molecule has 0 spiro atoms. The molecule has 5 nitrogen and oxygen atoms in total. The van der Waals surface area contributed by atoms with Crippen LogP contribution in [0.15, 0.2) is 34.4 Å². The molecule has 1 aliphatic heterocycles. The Bertz CT molecular complexity index is 829. The molecule has 1 aliphatic carbocycles. The SMILES string of the molecule is CCOC(=O)C(Cl)=Cc1cc(N2C(=O)C3=C(CCCC3)C2=O)ccc1Cl. The van der Waals surface area contributed by atoms with Crippen LogP contribution in [0.3, 0.4) is 0 Å². The van der Waals surface area contributed by atoms with Crippen molar-refractivity contribution in [1.82, 2.24) is 0 Å². The van der Waals surface area contributed by atoms with Crippen LogP contribution in [0.1, 0.15) is 38.2 Å². The molecule has 1 heterocycles. The second-order valence-electron chi connectivity index (χ2n) is 6.03. The number of halogens is 2. The van der Waals surface area contributed by atoms with E-state index in [0.29, 0.717) is 40.3 Å². The second-order valence-corrected chi connectivity index (χ2v) is 6.84. The highest BCUT2D eigenvalue weighted by Gasteiger charge is 2.39. The number of hydrogen-bond donors (Lipinski definition) is 0. The van der Waals surface area contributed by atoms with Crippen molar-refractivity contribution in [2.24, 2.45) is 0 Å². The Morgan fingerprint density at radius 3 is 2.38 bits per heavy atom. The van der Waals surface area contributed by atoms with Gasteiger partial charge >= 0.3 is 5.97 Å². The maximum atomic E-state index is 12.7. The molecule has 0 N–H and O–H groups in total. The predicted octanol–water partition coefficient (Wildman–Crippen LogP) is 4.23. The van der Waals surface area contributed by atoms with Gasteiger partial charge in [0.25, 0.3) is 11.8 Å². The highest BCUT2D eigenvalue weighted by Crippen LogP contribution is 2.36. The molecule has 7 heteroatoms. The van der Waals surface area contributed by atoms with E-state index in [0.717, 1.165) is 12.8 Å². The summed E-state index contributed by atoms with van der Waals surface area (Å²) in [4.78, 5) is 38.2. The summed E-state index contributed by atoms with van der Waals surface area (Å²) in [6.45, 7) is 1.87. The molecule has 0 atom stereocenters. The summed E-state index contributed by atoms with van der Waals surface area (Å²) in [7, 11) is 0. The van der Waals surface area contributed by atoms with Gasteiger partial charge in [-0.3, -0.25) is 9.59 Å². The molecule has 1 aromatic carbocycles. The number of rotatable bonds is 4. The number of carbonyl (C=O) groups excluding carboxylic acids is 3. The topological polar surface area (TPSA) is 63.7 Å². The van der Waals surface area contributed by atoms with E-state index in [2.05, 4.69) is 0 Å². The van der Waals surface area contributed by atoms with Crippen molar-refractivity contribution in [3.8, 4) is 0 Å². The summed E-state index contributed by atoms with van der Waals surface area (Å²) in [6, 6.07) is 4.74. The number of hydrogen-bond acceptors (Lipinski definition) is 4. The Morgan fingerprint density at radius 2 is 1.81 bits per heavy atom. The molecule has 1 aromatic rings. The highest BCUT2D eigenvalue weighted by molar-refractivity contribution is 6.43. The molecule has 0 radical (unpaired) electrons. The lowest BCUT2D eigenvalue weighted by Crippen LogP contribution is -2.31. The summed E-state index contributed by atoms with van der Waals surface area (Å²) in [6.07, 6.45) is 4.45. The van der Waals surface area contributed by atoms with Crippen LogP contribution in [0.4, 0.5) is 5.69 Å². The van der Waals surface area contributed by atoms with Crippen LogP contribution >= 0.6 is 23.2 Å². The van der Waals surface area contributed by atoms with E-state index in [1.165, 1.54) is 11.0 Å². The average molecular weight is 394 g/mol. The normalized spacial score (nSPS) is 17.7. The number of amides is 2. The fourth-order valence-corrected chi connectivity index (χ4v) is 3.49. The van der Waals surface area contributed by atoms with Gasteiger partial charge in [-0.25, -0.2) is 9.69 Å². The molecule has 2 aliphatic rings. The highest BCUT2D eigenvalue weighted by atomic mass is 35.5. The third kappa shape index (κ3) is 3.41. The molecule has 136 valence electrons. The van der Waals surface area contributed by atoms with E-state index in [1.54, 1.807) is 25.1 Å². The van der Waals surface area contributed by atoms with Gasteiger partial charge in [0.2, 0.25) is 0 Å². The Kier molecular flexibility index (Phi) is 5.49. The standard InChI is InChI=1S/C19H17Cl2NO4/c1-2-26-19(25)16(21)10-11-9-12(7-8-15(11)20)22-17(23)13-5-3-4-6-14(13)18(22)24/h7-10H,2-6H2,1H3. The lowest BCUT2D eigenvalue weighted by molar-refractivity contribution is -0.137. The average Bonchev–Trinajstić information content (AvgIpc) is 2.88. The number of ether oxygens (including phenoxy) is 1. The van der Waals surface area contributed by atoms with E-state index in [4.69, 9.17) is 27.9 Å². The first-order chi connectivity index (χ1) is 12.4. The number of anilines is 1. The van der Waals surface area contributed by atoms with Crippen LogP contribution in [0.5, 0.6) is 0 Å². The minimum absolute atomic E-state index is 0.137. The van der Waals surface area contributed by atoms with Crippen molar-refractivity contribution in [3.63, 3.8) is 0 Å². The molecule has 0 aromatic heterocycles. The van der Waals surface area contributed by atoms with Crippen molar-refractivity contribution in [2.75, 3.05) is 11.5 Å². The molecule has 0 saturated carbocycles. The van der Waals surface area contributed by atoms with Gasteiger partial charge in [-0.1, -0.05) is 23.2 Å². The number of carbonyl (C=O) groups is 3. The fourth-order valence-electron chi connectivity index (χ4n) is 3.15. The molecule has 0 fully saturated rings. The van der Waals surface area contributed by atoms with Gasteiger partial charge in [0, 0.05) is 16.2 Å². The maximum absolute atomic E-state index is 12.7.